The monoisotopic (exact) mass is 386 g/mol. The quantitative estimate of drug-likeness (QED) is 0.414. The van der Waals surface area contributed by atoms with E-state index in [0.717, 1.165) is 27.8 Å². The van der Waals surface area contributed by atoms with Gasteiger partial charge in [-0.15, -0.1) is 0 Å². The first-order chi connectivity index (χ1) is 13.3. The Morgan fingerprint density at radius 3 is 2.29 bits per heavy atom. The van der Waals surface area contributed by atoms with E-state index < -0.39 is 36.8 Å². The lowest BCUT2D eigenvalue weighted by molar-refractivity contribution is -0.112. The fourth-order valence-corrected chi connectivity index (χ4v) is 3.89. The van der Waals surface area contributed by atoms with Crippen LogP contribution < -0.4 is 0 Å². The second-order valence-electron chi connectivity index (χ2n) is 7.34. The molecular formula is C22H26O6. The van der Waals surface area contributed by atoms with E-state index >= 15 is 0 Å². The predicted octanol–water partition coefficient (Wildman–Crippen LogP) is 1.15. The van der Waals surface area contributed by atoms with Gasteiger partial charge in [0.15, 0.2) is 0 Å². The Morgan fingerprint density at radius 2 is 1.64 bits per heavy atom. The molecule has 6 N–H and O–H groups in total. The minimum Gasteiger partial charge on any atom is -0.509 e. The third kappa shape index (κ3) is 3.45. The molecule has 0 aliphatic heterocycles. The van der Waals surface area contributed by atoms with Crippen molar-refractivity contribution >= 4 is 5.57 Å². The highest BCUT2D eigenvalue weighted by Crippen LogP contribution is 2.49. The third-order valence-corrected chi connectivity index (χ3v) is 5.45. The maximum absolute atomic E-state index is 10.9. The predicted molar refractivity (Wildman–Crippen MR) is 105 cm³/mol. The lowest BCUT2D eigenvalue weighted by Gasteiger charge is -2.27. The van der Waals surface area contributed by atoms with Gasteiger partial charge in [-0.1, -0.05) is 48.0 Å². The molecule has 1 unspecified atom stereocenters. The molecule has 5 atom stereocenters. The fourth-order valence-electron chi connectivity index (χ4n) is 3.89. The number of rotatable bonds is 6. The van der Waals surface area contributed by atoms with Crippen LogP contribution in [0.3, 0.4) is 0 Å². The Bertz CT molecular complexity index is 890. The summed E-state index contributed by atoms with van der Waals surface area (Å²) in [6.45, 7) is 3.12. The molecule has 2 bridgehead atoms. The number of aliphatic hydroxyl groups excluding tert-OH is 6. The maximum atomic E-state index is 10.9. The normalized spacial score (nSPS) is 21.9. The summed E-state index contributed by atoms with van der Waals surface area (Å²) in [5.74, 6) is -0.792. The number of hydrogen-bond donors (Lipinski definition) is 6. The molecule has 28 heavy (non-hydrogen) atoms. The topological polar surface area (TPSA) is 121 Å². The van der Waals surface area contributed by atoms with Gasteiger partial charge in [0.1, 0.15) is 30.2 Å². The molecule has 6 nitrogen and oxygen atoms in total. The summed E-state index contributed by atoms with van der Waals surface area (Å²) in [6.07, 6.45) is -7.15. The first-order valence-corrected chi connectivity index (χ1v) is 9.20. The Hall–Kier alpha value is -2.22. The summed E-state index contributed by atoms with van der Waals surface area (Å²) in [4.78, 5) is 0. The molecule has 0 spiro atoms. The Kier molecular flexibility index (Phi) is 5.88. The number of hydrogen-bond acceptors (Lipinski definition) is 6. The van der Waals surface area contributed by atoms with E-state index in [9.17, 15) is 25.5 Å². The van der Waals surface area contributed by atoms with Crippen LogP contribution >= 0.6 is 0 Å². The van der Waals surface area contributed by atoms with Crippen LogP contribution in [-0.4, -0.2) is 61.7 Å². The summed E-state index contributed by atoms with van der Waals surface area (Å²) >= 11 is 0. The Labute approximate surface area is 163 Å². The zero-order valence-corrected chi connectivity index (χ0v) is 15.8. The largest absolute Gasteiger partial charge is 0.509 e. The molecule has 0 saturated carbocycles. The van der Waals surface area contributed by atoms with Crippen LogP contribution in [0.15, 0.2) is 48.2 Å². The van der Waals surface area contributed by atoms with Gasteiger partial charge in [-0.2, -0.15) is 0 Å². The van der Waals surface area contributed by atoms with E-state index in [-0.39, 0.29) is 5.92 Å². The zero-order chi connectivity index (χ0) is 20.6. The average Bonchev–Trinajstić information content (AvgIpc) is 2.84. The third-order valence-electron chi connectivity index (χ3n) is 5.45. The Balaban J connectivity index is 2.09. The van der Waals surface area contributed by atoms with Crippen LogP contribution in [0.4, 0.5) is 0 Å². The number of benzene rings is 2. The maximum Gasteiger partial charge on any atom is 0.139 e. The highest BCUT2D eigenvalue weighted by molar-refractivity contribution is 5.85. The van der Waals surface area contributed by atoms with Crippen molar-refractivity contribution in [2.24, 2.45) is 0 Å². The van der Waals surface area contributed by atoms with Crippen LogP contribution in [0, 0.1) is 13.8 Å². The molecule has 6 heteroatoms. The lowest BCUT2D eigenvalue weighted by atomic mass is 9.86. The molecule has 2 aromatic rings. The molecule has 0 saturated heterocycles. The minimum atomic E-state index is -1.87. The van der Waals surface area contributed by atoms with Gasteiger partial charge < -0.3 is 30.6 Å². The Morgan fingerprint density at radius 1 is 0.964 bits per heavy atom. The highest BCUT2D eigenvalue weighted by Gasteiger charge is 2.38. The minimum absolute atomic E-state index is 0.327. The van der Waals surface area contributed by atoms with Crippen LogP contribution in [0.25, 0.3) is 5.57 Å². The van der Waals surface area contributed by atoms with Crippen molar-refractivity contribution in [2.45, 2.75) is 44.2 Å². The van der Waals surface area contributed by atoms with E-state index in [1.54, 1.807) is 0 Å². The van der Waals surface area contributed by atoms with Crippen LogP contribution in [-0.2, 0) is 0 Å². The van der Waals surface area contributed by atoms with E-state index in [4.69, 9.17) is 5.11 Å². The zero-order valence-electron chi connectivity index (χ0n) is 15.8. The summed E-state index contributed by atoms with van der Waals surface area (Å²) < 4.78 is 0. The van der Waals surface area contributed by atoms with E-state index in [2.05, 4.69) is 0 Å². The molecular weight excluding hydrogens is 360 g/mol. The molecule has 150 valence electrons. The van der Waals surface area contributed by atoms with Gasteiger partial charge in [-0.3, -0.25) is 0 Å². The molecule has 0 aromatic heterocycles. The van der Waals surface area contributed by atoms with Crippen molar-refractivity contribution in [2.75, 3.05) is 6.61 Å². The van der Waals surface area contributed by atoms with Crippen molar-refractivity contribution in [1.29, 1.82) is 0 Å². The van der Waals surface area contributed by atoms with Gasteiger partial charge in [0, 0.05) is 11.5 Å². The van der Waals surface area contributed by atoms with E-state index in [1.807, 2.05) is 56.3 Å². The van der Waals surface area contributed by atoms with Crippen LogP contribution in [0.2, 0.25) is 0 Å². The van der Waals surface area contributed by atoms with Crippen molar-refractivity contribution in [1.82, 2.24) is 0 Å². The lowest BCUT2D eigenvalue weighted by Crippen LogP contribution is -2.46. The molecule has 0 amide bonds. The highest BCUT2D eigenvalue weighted by atomic mass is 16.4. The van der Waals surface area contributed by atoms with Crippen molar-refractivity contribution in [3.8, 4) is 0 Å². The first-order valence-electron chi connectivity index (χ1n) is 9.20. The molecule has 0 fully saturated rings. The van der Waals surface area contributed by atoms with Crippen LogP contribution in [0.5, 0.6) is 0 Å². The smallest absolute Gasteiger partial charge is 0.139 e. The van der Waals surface area contributed by atoms with E-state index in [1.165, 1.54) is 0 Å². The number of aryl methyl sites for hydroxylation is 1. The summed E-state index contributed by atoms with van der Waals surface area (Å²) in [6, 6.07) is 13.5. The van der Waals surface area contributed by atoms with E-state index in [0.29, 0.717) is 5.57 Å². The molecule has 1 aliphatic carbocycles. The molecule has 0 radical (unpaired) electrons. The van der Waals surface area contributed by atoms with Crippen molar-refractivity contribution < 1.29 is 30.6 Å². The number of allylic oxidation sites excluding steroid dienone is 1. The molecule has 2 aromatic carbocycles. The average molecular weight is 386 g/mol. The fraction of sp³-hybridized carbons (Fsp3) is 0.364. The van der Waals surface area contributed by atoms with Crippen molar-refractivity contribution in [3.63, 3.8) is 0 Å². The second kappa shape index (κ2) is 8.03. The first kappa shape index (κ1) is 20.5. The van der Waals surface area contributed by atoms with Gasteiger partial charge in [0.2, 0.25) is 0 Å². The van der Waals surface area contributed by atoms with Gasteiger partial charge >= 0.3 is 0 Å². The van der Waals surface area contributed by atoms with Gasteiger partial charge in [-0.05, 0) is 36.1 Å². The molecule has 3 rings (SSSR count). The van der Waals surface area contributed by atoms with Gasteiger partial charge in [-0.25, -0.2) is 0 Å². The number of fused-ring (bicyclic) bond motifs is 2. The van der Waals surface area contributed by atoms with Gasteiger partial charge in [0.25, 0.3) is 0 Å². The van der Waals surface area contributed by atoms with Gasteiger partial charge in [0.05, 0.1) is 6.61 Å². The standard InChI is InChI=1S/C22H26O6/c1-11-5-3-6-13(9-11)17-14-7-4-8-15(12(14)2)18(17)20(26)22(28)21(27)19(25)16(24)10-23/h3-9,16-17,19,21-28H,10H2,1-2H3/t16-,17?,19-,21+,22+/m1/s1. The molecule has 1 aliphatic rings. The summed E-state index contributed by atoms with van der Waals surface area (Å²) in [7, 11) is 0. The SMILES string of the molecule is Cc1cccc(C2C(=C(O)[C@H](O)[C@@H](O)[C@H](O)[C@H](O)CO)c3cccc2c3C)c1. The van der Waals surface area contributed by atoms with Crippen LogP contribution in [0.1, 0.15) is 33.7 Å². The molecule has 0 heterocycles. The second-order valence-corrected chi connectivity index (χ2v) is 7.34. The number of aliphatic hydroxyl groups is 6. The van der Waals surface area contributed by atoms with Crippen molar-refractivity contribution in [3.05, 3.63) is 76.0 Å². The summed E-state index contributed by atoms with van der Waals surface area (Å²) in [5.41, 5.74) is 5.15. The summed E-state index contributed by atoms with van der Waals surface area (Å²) in [5, 5.41) is 60.0.